The van der Waals surface area contributed by atoms with Crippen LogP contribution in [0, 0.1) is 0 Å². The summed E-state index contributed by atoms with van der Waals surface area (Å²) in [5, 5.41) is 13.7. The number of halogens is 3. The molecule has 1 N–H and O–H groups in total. The zero-order valence-electron chi connectivity index (χ0n) is 20.3. The topological polar surface area (TPSA) is 68.1 Å². The summed E-state index contributed by atoms with van der Waals surface area (Å²) in [7, 11) is 1.55. The molecule has 4 aromatic rings. The number of nitrogens with zero attached hydrogens (tertiary/aromatic N) is 5. The van der Waals surface area contributed by atoms with E-state index in [0.717, 1.165) is 25.2 Å². The number of methoxy groups -OCH3 is 1. The fraction of sp³-hybridized carbons (Fsp3) is 0.296. The molecule has 0 saturated carbocycles. The Bertz CT molecular complexity index is 1270. The predicted octanol–water partition coefficient (Wildman–Crippen LogP) is 4.30. The van der Waals surface area contributed by atoms with Gasteiger partial charge >= 0.3 is 6.18 Å². The summed E-state index contributed by atoms with van der Waals surface area (Å²) < 4.78 is 46.4. The number of alkyl halides is 3. The van der Waals surface area contributed by atoms with E-state index in [9.17, 15) is 13.2 Å². The largest absolute Gasteiger partial charge is 0.496 e. The zero-order chi connectivity index (χ0) is 25.8. The van der Waals surface area contributed by atoms with Crippen LogP contribution in [0.2, 0.25) is 0 Å². The average molecular weight is 509 g/mol. The first kappa shape index (κ1) is 24.9. The van der Waals surface area contributed by atoms with Crippen molar-refractivity contribution in [2.24, 2.45) is 0 Å². The minimum atomic E-state index is -4.67. The van der Waals surface area contributed by atoms with Crippen molar-refractivity contribution in [1.29, 1.82) is 0 Å². The Hall–Kier alpha value is -3.76. The van der Waals surface area contributed by atoms with Gasteiger partial charge in [0.05, 0.1) is 12.8 Å². The number of hydrogen-bond donors (Lipinski definition) is 1. The Morgan fingerprint density at radius 1 is 1.00 bits per heavy atom. The first-order valence-electron chi connectivity index (χ1n) is 12.0. The lowest BCUT2D eigenvalue weighted by atomic mass is 9.84. The van der Waals surface area contributed by atoms with Crippen molar-refractivity contribution < 1.29 is 17.9 Å². The van der Waals surface area contributed by atoms with Gasteiger partial charge in [0.15, 0.2) is 0 Å². The van der Waals surface area contributed by atoms with Crippen LogP contribution in [0.4, 0.5) is 13.2 Å². The summed E-state index contributed by atoms with van der Waals surface area (Å²) in [6, 6.07) is 25.8. The van der Waals surface area contributed by atoms with Crippen LogP contribution in [0.5, 0.6) is 5.75 Å². The molecule has 0 unspecified atom stereocenters. The van der Waals surface area contributed by atoms with Crippen molar-refractivity contribution in [1.82, 2.24) is 30.4 Å². The molecule has 1 saturated heterocycles. The molecule has 1 aromatic heterocycles. The molecule has 0 bridgehead atoms. The Morgan fingerprint density at radius 3 is 2.30 bits per heavy atom. The number of benzene rings is 3. The molecule has 0 amide bonds. The van der Waals surface area contributed by atoms with E-state index in [0.29, 0.717) is 17.0 Å². The Kier molecular flexibility index (Phi) is 7.20. The van der Waals surface area contributed by atoms with E-state index in [4.69, 9.17) is 4.74 Å². The molecule has 10 heteroatoms. The van der Waals surface area contributed by atoms with E-state index in [-0.39, 0.29) is 17.6 Å². The standard InChI is InChI=1S/C27H27F3N6O/c1-37-24-13-12-22(36-26(27(28,29)30)32-33-34-36)16-21(24)17-35-15-14-31-23(18-35)25(19-8-4-2-5-9-19)20-10-6-3-7-11-20/h2-13,16,23,25,31H,14-15,17-18H2,1H3/t23-/m1/s1. The zero-order valence-corrected chi connectivity index (χ0v) is 20.3. The van der Waals surface area contributed by atoms with Crippen LogP contribution >= 0.6 is 0 Å². The maximum absolute atomic E-state index is 13.4. The highest BCUT2D eigenvalue weighted by Crippen LogP contribution is 2.32. The lowest BCUT2D eigenvalue weighted by molar-refractivity contribution is -0.146. The second-order valence-electron chi connectivity index (χ2n) is 9.00. The molecule has 0 radical (unpaired) electrons. The summed E-state index contributed by atoms with van der Waals surface area (Å²) in [6.45, 7) is 2.84. The van der Waals surface area contributed by atoms with E-state index >= 15 is 0 Å². The molecule has 2 heterocycles. The maximum Gasteiger partial charge on any atom is 0.453 e. The summed E-state index contributed by atoms with van der Waals surface area (Å²) >= 11 is 0. The number of ether oxygens (including phenoxy) is 1. The highest BCUT2D eigenvalue weighted by molar-refractivity contribution is 5.44. The van der Waals surface area contributed by atoms with Crippen molar-refractivity contribution in [3.63, 3.8) is 0 Å². The summed E-state index contributed by atoms with van der Waals surface area (Å²) in [5.41, 5.74) is 3.45. The number of tetrazole rings is 1. The van der Waals surface area contributed by atoms with E-state index in [1.807, 2.05) is 12.1 Å². The van der Waals surface area contributed by atoms with Crippen molar-refractivity contribution in [3.05, 3.63) is 101 Å². The predicted molar refractivity (Wildman–Crippen MR) is 133 cm³/mol. The van der Waals surface area contributed by atoms with Gasteiger partial charge in [0.25, 0.3) is 5.82 Å². The minimum absolute atomic E-state index is 0.143. The maximum atomic E-state index is 13.4. The normalized spacial score (nSPS) is 16.7. The van der Waals surface area contributed by atoms with Crippen LogP contribution in [-0.2, 0) is 12.7 Å². The summed E-state index contributed by atoms with van der Waals surface area (Å²) in [4.78, 5) is 2.30. The van der Waals surface area contributed by atoms with Gasteiger partial charge in [-0.1, -0.05) is 60.7 Å². The number of piperazine rings is 1. The van der Waals surface area contributed by atoms with Crippen molar-refractivity contribution in [2.75, 3.05) is 26.7 Å². The molecule has 192 valence electrons. The summed E-state index contributed by atoms with van der Waals surface area (Å²) in [5.74, 6) is -0.420. The molecule has 0 spiro atoms. The SMILES string of the molecule is COc1ccc(-n2nnnc2C(F)(F)F)cc1CN1CCN[C@@H](C(c2ccccc2)c2ccccc2)C1. The number of nitrogens with one attached hydrogen (secondary N) is 1. The smallest absolute Gasteiger partial charge is 0.453 e. The molecule has 3 aromatic carbocycles. The van der Waals surface area contributed by atoms with Gasteiger partial charge in [-0.25, -0.2) is 0 Å². The molecule has 37 heavy (non-hydrogen) atoms. The van der Waals surface area contributed by atoms with Gasteiger partial charge in [0.2, 0.25) is 0 Å². The third kappa shape index (κ3) is 5.50. The van der Waals surface area contributed by atoms with Crippen LogP contribution < -0.4 is 10.1 Å². The molecule has 7 nitrogen and oxygen atoms in total. The van der Waals surface area contributed by atoms with Gasteiger partial charge < -0.3 is 10.1 Å². The van der Waals surface area contributed by atoms with Gasteiger partial charge in [0.1, 0.15) is 5.75 Å². The second-order valence-corrected chi connectivity index (χ2v) is 9.00. The van der Waals surface area contributed by atoms with E-state index in [1.54, 1.807) is 19.2 Å². The molecule has 1 aliphatic heterocycles. The molecular weight excluding hydrogens is 481 g/mol. The molecule has 1 atom stereocenters. The lowest BCUT2D eigenvalue weighted by Gasteiger charge is -2.38. The van der Waals surface area contributed by atoms with Crippen molar-refractivity contribution >= 4 is 0 Å². The quantitative estimate of drug-likeness (QED) is 0.402. The van der Waals surface area contributed by atoms with Crippen LogP contribution in [0.25, 0.3) is 5.69 Å². The van der Waals surface area contributed by atoms with E-state index < -0.39 is 12.0 Å². The van der Waals surface area contributed by atoms with Crippen LogP contribution in [-0.4, -0.2) is 57.9 Å². The fourth-order valence-electron chi connectivity index (χ4n) is 4.99. The summed E-state index contributed by atoms with van der Waals surface area (Å²) in [6.07, 6.45) is -4.67. The van der Waals surface area contributed by atoms with Gasteiger partial charge in [-0.3, -0.25) is 4.90 Å². The first-order chi connectivity index (χ1) is 17.9. The Labute approximate surface area is 212 Å². The fourth-order valence-corrected chi connectivity index (χ4v) is 4.99. The van der Waals surface area contributed by atoms with Crippen LogP contribution in [0.1, 0.15) is 28.4 Å². The Morgan fingerprint density at radius 2 is 1.68 bits per heavy atom. The van der Waals surface area contributed by atoms with Gasteiger partial charge in [-0.2, -0.15) is 17.9 Å². The minimum Gasteiger partial charge on any atom is -0.496 e. The lowest BCUT2D eigenvalue weighted by Crippen LogP contribution is -2.52. The molecule has 1 aliphatic rings. The molecule has 5 rings (SSSR count). The molecular formula is C27H27F3N6O. The van der Waals surface area contributed by atoms with Crippen molar-refractivity contribution in [3.8, 4) is 11.4 Å². The molecule has 0 aliphatic carbocycles. The monoisotopic (exact) mass is 508 g/mol. The first-order valence-corrected chi connectivity index (χ1v) is 12.0. The third-order valence-corrected chi connectivity index (χ3v) is 6.63. The number of aromatic nitrogens is 4. The van der Waals surface area contributed by atoms with Gasteiger partial charge in [0, 0.05) is 43.7 Å². The van der Waals surface area contributed by atoms with Gasteiger partial charge in [-0.15, -0.1) is 5.10 Å². The molecule has 1 fully saturated rings. The second kappa shape index (κ2) is 10.7. The van der Waals surface area contributed by atoms with Gasteiger partial charge in [-0.05, 0) is 39.8 Å². The van der Waals surface area contributed by atoms with Crippen LogP contribution in [0.15, 0.2) is 78.9 Å². The number of hydrogen-bond acceptors (Lipinski definition) is 6. The Balaban J connectivity index is 1.42. The van der Waals surface area contributed by atoms with E-state index in [2.05, 4.69) is 74.3 Å². The highest BCUT2D eigenvalue weighted by Gasteiger charge is 2.38. The van der Waals surface area contributed by atoms with Crippen LogP contribution in [0.3, 0.4) is 0 Å². The number of rotatable bonds is 7. The van der Waals surface area contributed by atoms with E-state index in [1.165, 1.54) is 17.2 Å². The average Bonchev–Trinajstić information content (AvgIpc) is 3.42. The highest BCUT2D eigenvalue weighted by atomic mass is 19.4. The van der Waals surface area contributed by atoms with Crippen molar-refractivity contribution in [2.45, 2.75) is 24.7 Å². The third-order valence-electron chi connectivity index (χ3n) is 6.63.